The molecular formula is C15H11BrNO4-. The molecule has 6 heteroatoms. The lowest BCUT2D eigenvalue weighted by atomic mass is 9.77. The number of anilines is 1. The van der Waals surface area contributed by atoms with Crippen molar-refractivity contribution in [3.63, 3.8) is 0 Å². The van der Waals surface area contributed by atoms with Gasteiger partial charge < -0.3 is 19.5 Å². The van der Waals surface area contributed by atoms with Crippen LogP contribution >= 0.6 is 15.9 Å². The maximum absolute atomic E-state index is 12.7. The molecule has 1 aromatic carbocycles. The Hall–Kier alpha value is -1.66. The van der Waals surface area contributed by atoms with E-state index in [2.05, 4.69) is 15.9 Å². The molecule has 0 aromatic heterocycles. The molecule has 1 aromatic rings. The van der Waals surface area contributed by atoms with Gasteiger partial charge in [-0.3, -0.25) is 4.79 Å². The van der Waals surface area contributed by atoms with Crippen LogP contribution in [0.2, 0.25) is 0 Å². The van der Waals surface area contributed by atoms with E-state index >= 15 is 0 Å². The number of amides is 1. The highest BCUT2D eigenvalue weighted by molar-refractivity contribution is 9.10. The first kappa shape index (κ1) is 13.0. The summed E-state index contributed by atoms with van der Waals surface area (Å²) in [6.07, 6.45) is 3.01. The number of fused-ring (bicyclic) bond motifs is 1. The normalized spacial score (nSPS) is 36.3. The van der Waals surface area contributed by atoms with Crippen molar-refractivity contribution in [2.45, 2.75) is 11.7 Å². The third-order valence-corrected chi connectivity index (χ3v) is 5.19. The van der Waals surface area contributed by atoms with Crippen LogP contribution in [0.5, 0.6) is 0 Å². The average molecular weight is 349 g/mol. The van der Waals surface area contributed by atoms with Crippen molar-refractivity contribution in [1.29, 1.82) is 0 Å². The zero-order valence-corrected chi connectivity index (χ0v) is 12.4. The number of benzene rings is 1. The molecule has 4 unspecified atom stereocenters. The maximum Gasteiger partial charge on any atom is 0.234 e. The standard InChI is InChI=1S/C15H12BrNO4/c16-8-3-1-2-4-9(8)17-7-15-6-5-10(21-15)11(14(19)20)12(15)13(17)18/h1-6,10-12H,7H2,(H,19,20)/p-1. The number of para-hydroxylation sites is 1. The minimum atomic E-state index is -1.22. The number of carbonyl (C=O) groups excluding carboxylic acids is 2. The first-order chi connectivity index (χ1) is 10.0. The molecule has 2 bridgehead atoms. The number of nitrogens with zero attached hydrogens (tertiary/aromatic N) is 1. The molecule has 0 N–H and O–H groups in total. The van der Waals surface area contributed by atoms with Crippen LogP contribution in [0.25, 0.3) is 0 Å². The molecule has 3 heterocycles. The highest BCUT2D eigenvalue weighted by Crippen LogP contribution is 2.52. The fourth-order valence-electron chi connectivity index (χ4n) is 3.64. The van der Waals surface area contributed by atoms with E-state index in [9.17, 15) is 14.7 Å². The Bertz CT molecular complexity index is 688. The van der Waals surface area contributed by atoms with Crippen LogP contribution in [-0.2, 0) is 14.3 Å². The number of ether oxygens (including phenoxy) is 1. The van der Waals surface area contributed by atoms with Crippen LogP contribution in [0.1, 0.15) is 0 Å². The molecule has 0 aliphatic carbocycles. The van der Waals surface area contributed by atoms with Crippen molar-refractivity contribution >= 4 is 33.5 Å². The molecule has 4 atom stereocenters. The average Bonchev–Trinajstić information content (AvgIpc) is 3.08. The Morgan fingerprint density at radius 2 is 2.19 bits per heavy atom. The SMILES string of the molecule is O=C([O-])C1C2C=CC3(CN(c4ccccc4Br)C(=O)C13)O2. The molecule has 0 radical (unpaired) electrons. The van der Waals surface area contributed by atoms with Crippen molar-refractivity contribution in [3.8, 4) is 0 Å². The lowest BCUT2D eigenvalue weighted by Gasteiger charge is -2.24. The Morgan fingerprint density at radius 3 is 2.90 bits per heavy atom. The van der Waals surface area contributed by atoms with Crippen LogP contribution in [0.3, 0.4) is 0 Å². The second kappa shape index (κ2) is 4.18. The van der Waals surface area contributed by atoms with Crippen LogP contribution in [-0.4, -0.2) is 30.1 Å². The molecule has 2 saturated heterocycles. The van der Waals surface area contributed by atoms with Crippen molar-refractivity contribution in [2.75, 3.05) is 11.4 Å². The van der Waals surface area contributed by atoms with E-state index < -0.39 is 29.5 Å². The maximum atomic E-state index is 12.7. The molecule has 108 valence electrons. The number of aliphatic carboxylic acids is 1. The van der Waals surface area contributed by atoms with Gasteiger partial charge in [-0.05, 0) is 28.1 Å². The zero-order chi connectivity index (χ0) is 14.8. The van der Waals surface area contributed by atoms with Gasteiger partial charge in [-0.1, -0.05) is 24.3 Å². The van der Waals surface area contributed by atoms with Crippen molar-refractivity contribution in [1.82, 2.24) is 0 Å². The molecule has 1 spiro atoms. The fraction of sp³-hybridized carbons (Fsp3) is 0.333. The molecule has 3 aliphatic heterocycles. The number of carboxylic acid groups (broad SMARTS) is 1. The Morgan fingerprint density at radius 1 is 1.43 bits per heavy atom. The molecule has 2 fully saturated rings. The van der Waals surface area contributed by atoms with E-state index in [1.165, 1.54) is 0 Å². The van der Waals surface area contributed by atoms with Gasteiger partial charge in [0.2, 0.25) is 5.91 Å². The lowest BCUT2D eigenvalue weighted by Crippen LogP contribution is -2.45. The third-order valence-electron chi connectivity index (χ3n) is 4.52. The van der Waals surface area contributed by atoms with E-state index in [4.69, 9.17) is 4.74 Å². The van der Waals surface area contributed by atoms with E-state index in [-0.39, 0.29) is 5.91 Å². The Labute approximate surface area is 129 Å². The summed E-state index contributed by atoms with van der Waals surface area (Å²) >= 11 is 3.43. The van der Waals surface area contributed by atoms with Crippen LogP contribution in [0.4, 0.5) is 5.69 Å². The molecule has 0 saturated carbocycles. The largest absolute Gasteiger partial charge is 0.550 e. The highest BCUT2D eigenvalue weighted by atomic mass is 79.9. The van der Waals surface area contributed by atoms with Crippen molar-refractivity contribution < 1.29 is 19.4 Å². The van der Waals surface area contributed by atoms with Gasteiger partial charge in [0.15, 0.2) is 0 Å². The van der Waals surface area contributed by atoms with Crippen molar-refractivity contribution in [2.24, 2.45) is 11.8 Å². The smallest absolute Gasteiger partial charge is 0.234 e. The summed E-state index contributed by atoms with van der Waals surface area (Å²) in [7, 11) is 0. The number of carboxylic acids is 1. The summed E-state index contributed by atoms with van der Waals surface area (Å²) in [5, 5.41) is 11.4. The quantitative estimate of drug-likeness (QED) is 0.729. The first-order valence-corrected chi connectivity index (χ1v) is 7.47. The van der Waals surface area contributed by atoms with Gasteiger partial charge in [-0.15, -0.1) is 0 Å². The molecule has 4 rings (SSSR count). The number of hydrogen-bond acceptors (Lipinski definition) is 4. The van der Waals surface area contributed by atoms with Gasteiger partial charge in [0.05, 0.1) is 24.3 Å². The van der Waals surface area contributed by atoms with E-state index in [0.717, 1.165) is 10.2 Å². The molecule has 3 aliphatic rings. The topological polar surface area (TPSA) is 69.7 Å². The molecule has 21 heavy (non-hydrogen) atoms. The number of rotatable bonds is 2. The van der Waals surface area contributed by atoms with Gasteiger partial charge in [0.25, 0.3) is 0 Å². The Balaban J connectivity index is 1.78. The van der Waals surface area contributed by atoms with Crippen LogP contribution in [0.15, 0.2) is 40.9 Å². The minimum absolute atomic E-state index is 0.219. The summed E-state index contributed by atoms with van der Waals surface area (Å²) in [5.74, 6) is -3.05. The molecule has 5 nitrogen and oxygen atoms in total. The van der Waals surface area contributed by atoms with Gasteiger partial charge in [-0.25, -0.2) is 0 Å². The molecular weight excluding hydrogens is 338 g/mol. The molecule has 1 amide bonds. The number of halogens is 1. The second-order valence-corrected chi connectivity index (χ2v) is 6.45. The second-order valence-electron chi connectivity index (χ2n) is 5.59. The monoisotopic (exact) mass is 348 g/mol. The zero-order valence-electron chi connectivity index (χ0n) is 10.9. The minimum Gasteiger partial charge on any atom is -0.550 e. The summed E-state index contributed by atoms with van der Waals surface area (Å²) in [4.78, 5) is 25.7. The summed E-state index contributed by atoms with van der Waals surface area (Å²) < 4.78 is 6.60. The van der Waals surface area contributed by atoms with E-state index in [0.29, 0.717) is 6.54 Å². The predicted molar refractivity (Wildman–Crippen MR) is 75.2 cm³/mol. The predicted octanol–water partition coefficient (Wildman–Crippen LogP) is 0.485. The summed E-state index contributed by atoms with van der Waals surface area (Å²) in [6, 6.07) is 7.37. The number of carbonyl (C=O) groups is 2. The van der Waals surface area contributed by atoms with Crippen molar-refractivity contribution in [3.05, 3.63) is 40.9 Å². The number of hydrogen-bond donors (Lipinski definition) is 0. The Kier molecular flexibility index (Phi) is 2.59. The lowest BCUT2D eigenvalue weighted by molar-refractivity contribution is -0.313. The third kappa shape index (κ3) is 1.60. The first-order valence-electron chi connectivity index (χ1n) is 6.67. The van der Waals surface area contributed by atoms with E-state index in [1.54, 1.807) is 11.0 Å². The summed E-state index contributed by atoms with van der Waals surface area (Å²) in [6.45, 7) is 0.329. The van der Waals surface area contributed by atoms with Crippen LogP contribution < -0.4 is 10.0 Å². The van der Waals surface area contributed by atoms with Gasteiger partial charge in [-0.2, -0.15) is 0 Å². The van der Waals surface area contributed by atoms with Gasteiger partial charge >= 0.3 is 0 Å². The summed E-state index contributed by atoms with van der Waals surface area (Å²) in [5.41, 5.74) is -0.106. The van der Waals surface area contributed by atoms with E-state index in [1.807, 2.05) is 30.3 Å². The fourth-order valence-corrected chi connectivity index (χ4v) is 4.14. The van der Waals surface area contributed by atoms with Crippen LogP contribution in [0, 0.1) is 11.8 Å². The van der Waals surface area contributed by atoms with Gasteiger partial charge in [0, 0.05) is 16.4 Å². The van der Waals surface area contributed by atoms with Gasteiger partial charge in [0.1, 0.15) is 5.60 Å². The highest BCUT2D eigenvalue weighted by Gasteiger charge is 2.65.